The molecule has 1 aliphatic rings. The van der Waals surface area contributed by atoms with E-state index in [9.17, 15) is 18.4 Å². The Hall–Kier alpha value is -3.10. The van der Waals surface area contributed by atoms with Crippen molar-refractivity contribution in [1.82, 2.24) is 4.57 Å². The normalized spacial score (nSPS) is 16.0. The maximum Gasteiger partial charge on any atom is 0.338 e. The molecule has 164 valence electrons. The Kier molecular flexibility index (Phi) is 6.08. The quantitative estimate of drug-likeness (QED) is 0.541. The Morgan fingerprint density at radius 3 is 2.62 bits per heavy atom. The van der Waals surface area contributed by atoms with Gasteiger partial charge in [0.15, 0.2) is 4.80 Å². The molecule has 5 nitrogen and oxygen atoms in total. The van der Waals surface area contributed by atoms with Gasteiger partial charge in [0.25, 0.3) is 5.56 Å². The van der Waals surface area contributed by atoms with Gasteiger partial charge in [-0.3, -0.25) is 9.36 Å². The number of benzene rings is 2. The summed E-state index contributed by atoms with van der Waals surface area (Å²) in [5.41, 5.74) is 0.0218. The molecule has 0 aliphatic carbocycles. The van der Waals surface area contributed by atoms with Crippen LogP contribution in [0.2, 0.25) is 5.02 Å². The van der Waals surface area contributed by atoms with Gasteiger partial charge in [-0.25, -0.2) is 18.6 Å². The van der Waals surface area contributed by atoms with Gasteiger partial charge in [0.05, 0.1) is 27.4 Å². The van der Waals surface area contributed by atoms with Gasteiger partial charge in [0.2, 0.25) is 0 Å². The van der Waals surface area contributed by atoms with Crippen LogP contribution in [0.3, 0.4) is 0 Å². The number of allylic oxidation sites excluding steroid dienone is 1. The van der Waals surface area contributed by atoms with E-state index >= 15 is 0 Å². The molecule has 0 saturated heterocycles. The van der Waals surface area contributed by atoms with Gasteiger partial charge in [0, 0.05) is 11.1 Å². The molecule has 0 unspecified atom stereocenters. The Labute approximate surface area is 190 Å². The third kappa shape index (κ3) is 3.80. The highest BCUT2D eigenvalue weighted by Crippen LogP contribution is 2.32. The lowest BCUT2D eigenvalue weighted by molar-refractivity contribution is -0.139. The first kappa shape index (κ1) is 22.1. The van der Waals surface area contributed by atoms with Crippen LogP contribution >= 0.6 is 22.9 Å². The van der Waals surface area contributed by atoms with E-state index in [2.05, 4.69) is 4.99 Å². The standard InChI is InChI=1S/C23H17ClF2N2O3S/c1-3-31-22(30)19-12(2)27-23-28(20(19)13-7-4-5-9-16(13)25)21(29)18(32-23)11-14-15(24)8-6-10-17(14)26/h4-11,20H,3H2,1-2H3/b18-11-/t20-/m0/s1. The number of halogens is 3. The Morgan fingerprint density at radius 2 is 1.94 bits per heavy atom. The average Bonchev–Trinajstić information content (AvgIpc) is 3.05. The first-order chi connectivity index (χ1) is 15.3. The Bertz CT molecular complexity index is 1420. The topological polar surface area (TPSA) is 60.7 Å². The molecule has 4 rings (SSSR count). The van der Waals surface area contributed by atoms with Crippen molar-refractivity contribution in [2.24, 2.45) is 4.99 Å². The molecule has 1 aliphatic heterocycles. The summed E-state index contributed by atoms with van der Waals surface area (Å²) in [4.78, 5) is 30.8. The van der Waals surface area contributed by atoms with Crippen molar-refractivity contribution < 1.29 is 18.3 Å². The summed E-state index contributed by atoms with van der Waals surface area (Å²) in [5.74, 6) is -1.86. The summed E-state index contributed by atoms with van der Waals surface area (Å²) < 4.78 is 35.7. The summed E-state index contributed by atoms with van der Waals surface area (Å²) in [6.07, 6.45) is 1.34. The van der Waals surface area contributed by atoms with E-state index in [1.54, 1.807) is 19.9 Å². The minimum Gasteiger partial charge on any atom is -0.463 e. The Balaban J connectivity index is 2.02. The number of nitrogens with zero attached hydrogens (tertiary/aromatic N) is 2. The molecule has 9 heteroatoms. The highest BCUT2D eigenvalue weighted by atomic mass is 35.5. The maximum absolute atomic E-state index is 14.8. The molecule has 0 radical (unpaired) electrons. The lowest BCUT2D eigenvalue weighted by Crippen LogP contribution is -2.40. The summed E-state index contributed by atoms with van der Waals surface area (Å²) in [6, 6.07) is 9.02. The van der Waals surface area contributed by atoms with Crippen molar-refractivity contribution >= 4 is 35.0 Å². The van der Waals surface area contributed by atoms with Crippen molar-refractivity contribution in [2.45, 2.75) is 19.9 Å². The molecule has 32 heavy (non-hydrogen) atoms. The third-order valence-electron chi connectivity index (χ3n) is 4.99. The molecule has 2 aromatic carbocycles. The largest absolute Gasteiger partial charge is 0.463 e. The average molecular weight is 475 g/mol. The number of thiazole rings is 1. The summed E-state index contributed by atoms with van der Waals surface area (Å²) in [5, 5.41) is 0.143. The highest BCUT2D eigenvalue weighted by Gasteiger charge is 2.34. The summed E-state index contributed by atoms with van der Waals surface area (Å²) in [6.45, 7) is 3.36. The predicted octanol–water partition coefficient (Wildman–Crippen LogP) is 3.73. The molecular weight excluding hydrogens is 458 g/mol. The predicted molar refractivity (Wildman–Crippen MR) is 118 cm³/mol. The van der Waals surface area contributed by atoms with E-state index in [1.165, 1.54) is 47.0 Å². The number of aromatic nitrogens is 1. The first-order valence-corrected chi connectivity index (χ1v) is 10.9. The van der Waals surface area contributed by atoms with Gasteiger partial charge in [0.1, 0.15) is 17.7 Å². The SMILES string of the molecule is CCOC(=O)C1=C(C)N=c2s/c(=C\c3c(F)cccc3Cl)c(=O)n2[C@H]1c1ccccc1F. The lowest BCUT2D eigenvalue weighted by atomic mass is 9.95. The van der Waals surface area contributed by atoms with Gasteiger partial charge in [-0.1, -0.05) is 47.2 Å². The van der Waals surface area contributed by atoms with Crippen molar-refractivity contribution in [2.75, 3.05) is 6.61 Å². The molecule has 0 saturated carbocycles. The van der Waals surface area contributed by atoms with Gasteiger partial charge < -0.3 is 4.74 Å². The number of carbonyl (C=O) groups is 1. The van der Waals surface area contributed by atoms with Gasteiger partial charge in [-0.05, 0) is 38.1 Å². The van der Waals surface area contributed by atoms with E-state index in [0.717, 1.165) is 11.3 Å². The number of fused-ring (bicyclic) bond motifs is 1. The molecule has 1 atom stereocenters. The molecule has 3 aromatic rings. The smallest absolute Gasteiger partial charge is 0.338 e. The molecule has 0 amide bonds. The molecule has 1 aromatic heterocycles. The first-order valence-electron chi connectivity index (χ1n) is 9.71. The number of esters is 1. The molecular formula is C23H17ClF2N2O3S. The molecule has 0 fully saturated rings. The van der Waals surface area contributed by atoms with Crippen LogP contribution in [0.4, 0.5) is 8.78 Å². The van der Waals surface area contributed by atoms with Gasteiger partial charge >= 0.3 is 5.97 Å². The van der Waals surface area contributed by atoms with Crippen molar-refractivity contribution in [3.05, 3.63) is 101 Å². The van der Waals surface area contributed by atoms with E-state index in [-0.39, 0.29) is 37.7 Å². The highest BCUT2D eigenvalue weighted by molar-refractivity contribution is 7.07. The zero-order valence-electron chi connectivity index (χ0n) is 17.1. The lowest BCUT2D eigenvalue weighted by Gasteiger charge is -2.24. The number of hydrogen-bond donors (Lipinski definition) is 0. The van der Waals surface area contributed by atoms with Crippen LogP contribution in [0, 0.1) is 11.6 Å². The Morgan fingerprint density at radius 1 is 1.22 bits per heavy atom. The van der Waals surface area contributed by atoms with Gasteiger partial charge in [-0.15, -0.1) is 0 Å². The van der Waals surface area contributed by atoms with Crippen molar-refractivity contribution in [3.8, 4) is 0 Å². The van der Waals surface area contributed by atoms with Crippen LogP contribution in [0.25, 0.3) is 6.08 Å². The van der Waals surface area contributed by atoms with E-state index in [4.69, 9.17) is 16.3 Å². The molecule has 0 bridgehead atoms. The zero-order chi connectivity index (χ0) is 23.0. The van der Waals surface area contributed by atoms with Crippen LogP contribution in [-0.2, 0) is 9.53 Å². The monoisotopic (exact) mass is 474 g/mol. The second kappa shape index (κ2) is 8.80. The van der Waals surface area contributed by atoms with Crippen LogP contribution in [0.15, 0.2) is 63.5 Å². The number of ether oxygens (including phenoxy) is 1. The minimum atomic E-state index is -1.08. The van der Waals surface area contributed by atoms with E-state index < -0.39 is 29.2 Å². The fraction of sp³-hybridized carbons (Fsp3) is 0.174. The van der Waals surface area contributed by atoms with Gasteiger partial charge in [-0.2, -0.15) is 0 Å². The van der Waals surface area contributed by atoms with E-state index in [1.807, 2.05) is 0 Å². The molecule has 0 N–H and O–H groups in total. The van der Waals surface area contributed by atoms with Crippen LogP contribution in [-0.4, -0.2) is 17.1 Å². The zero-order valence-corrected chi connectivity index (χ0v) is 18.6. The summed E-state index contributed by atoms with van der Waals surface area (Å²) >= 11 is 7.11. The number of rotatable bonds is 4. The fourth-order valence-electron chi connectivity index (χ4n) is 3.56. The minimum absolute atomic E-state index is 0.0585. The van der Waals surface area contributed by atoms with Crippen molar-refractivity contribution in [3.63, 3.8) is 0 Å². The van der Waals surface area contributed by atoms with E-state index in [0.29, 0.717) is 5.70 Å². The van der Waals surface area contributed by atoms with Crippen LogP contribution in [0.1, 0.15) is 31.0 Å². The number of carbonyl (C=O) groups excluding carboxylic acids is 1. The second-order valence-electron chi connectivity index (χ2n) is 6.96. The number of hydrogen-bond acceptors (Lipinski definition) is 5. The molecule has 0 spiro atoms. The maximum atomic E-state index is 14.8. The fourth-order valence-corrected chi connectivity index (χ4v) is 4.81. The molecule has 2 heterocycles. The second-order valence-corrected chi connectivity index (χ2v) is 8.38. The third-order valence-corrected chi connectivity index (χ3v) is 6.30. The van der Waals surface area contributed by atoms with Crippen molar-refractivity contribution in [1.29, 1.82) is 0 Å². The van der Waals surface area contributed by atoms with Crippen LogP contribution < -0.4 is 14.9 Å². The summed E-state index contributed by atoms with van der Waals surface area (Å²) in [7, 11) is 0. The van der Waals surface area contributed by atoms with Crippen LogP contribution in [0.5, 0.6) is 0 Å².